The van der Waals surface area contributed by atoms with Gasteiger partial charge >= 0.3 is 0 Å². The van der Waals surface area contributed by atoms with Gasteiger partial charge in [0.15, 0.2) is 0 Å². The molecule has 106 valence electrons. The number of rotatable bonds is 2. The lowest BCUT2D eigenvalue weighted by Gasteiger charge is -2.35. The number of para-hydroxylation sites is 1. The number of piperazine rings is 1. The first-order chi connectivity index (χ1) is 9.90. The lowest BCUT2D eigenvalue weighted by molar-refractivity contribution is 0.108. The summed E-state index contributed by atoms with van der Waals surface area (Å²) in [5.74, 6) is 0. The minimum atomic E-state index is 1.06. The fraction of sp³-hybridized carbons (Fsp3) is 0.500. The zero-order valence-electron chi connectivity index (χ0n) is 11.9. The molecule has 0 aliphatic carbocycles. The van der Waals surface area contributed by atoms with E-state index in [1.54, 1.807) is 0 Å². The maximum absolute atomic E-state index is 3.61. The first kappa shape index (κ1) is 12.4. The van der Waals surface area contributed by atoms with Crippen LogP contribution in [0, 0.1) is 0 Å². The smallest absolute Gasteiger partial charge is 0.0511 e. The number of fused-ring (bicyclic) bond motifs is 3. The van der Waals surface area contributed by atoms with Gasteiger partial charge in [0.2, 0.25) is 0 Å². The Morgan fingerprint density at radius 1 is 1.00 bits per heavy atom. The van der Waals surface area contributed by atoms with Gasteiger partial charge in [0.1, 0.15) is 0 Å². The van der Waals surface area contributed by atoms with Gasteiger partial charge in [-0.1, -0.05) is 18.2 Å². The monoisotopic (exact) mass is 270 g/mol. The van der Waals surface area contributed by atoms with Gasteiger partial charge < -0.3 is 10.3 Å². The second-order valence-electron chi connectivity index (χ2n) is 5.94. The molecule has 0 radical (unpaired) electrons. The molecular formula is C16H22N4. The third kappa shape index (κ3) is 2.24. The molecule has 0 unspecified atom stereocenters. The van der Waals surface area contributed by atoms with Gasteiger partial charge in [-0.3, -0.25) is 9.80 Å². The summed E-state index contributed by atoms with van der Waals surface area (Å²) >= 11 is 0. The van der Waals surface area contributed by atoms with E-state index in [2.05, 4.69) is 44.4 Å². The predicted molar refractivity (Wildman–Crippen MR) is 81.7 cm³/mol. The fourth-order valence-corrected chi connectivity index (χ4v) is 3.51. The number of nitrogens with zero attached hydrogens (tertiary/aromatic N) is 2. The number of H-pyrrole nitrogens is 1. The molecule has 4 nitrogen and oxygen atoms in total. The molecule has 0 amide bonds. The van der Waals surface area contributed by atoms with Crippen molar-refractivity contribution >= 4 is 10.9 Å². The molecule has 0 bridgehead atoms. The second kappa shape index (κ2) is 5.20. The molecule has 1 saturated heterocycles. The van der Waals surface area contributed by atoms with E-state index in [0.717, 1.165) is 26.3 Å². The molecule has 2 N–H and O–H groups in total. The fourth-order valence-electron chi connectivity index (χ4n) is 3.51. The Labute approximate surface area is 119 Å². The highest BCUT2D eigenvalue weighted by molar-refractivity contribution is 5.84. The Morgan fingerprint density at radius 2 is 1.85 bits per heavy atom. The van der Waals surface area contributed by atoms with Crippen LogP contribution in [0.4, 0.5) is 0 Å². The van der Waals surface area contributed by atoms with Gasteiger partial charge in [0.05, 0.1) is 6.67 Å². The Balaban J connectivity index is 1.51. The van der Waals surface area contributed by atoms with E-state index in [1.807, 2.05) is 0 Å². The van der Waals surface area contributed by atoms with Crippen molar-refractivity contribution in [1.29, 1.82) is 0 Å². The number of nitrogens with one attached hydrogen (secondary N) is 2. The molecule has 4 rings (SSSR count). The van der Waals surface area contributed by atoms with Crippen LogP contribution in [0.25, 0.3) is 10.9 Å². The average Bonchev–Trinajstić information content (AvgIpc) is 2.86. The van der Waals surface area contributed by atoms with Crippen molar-refractivity contribution in [2.75, 3.05) is 39.4 Å². The van der Waals surface area contributed by atoms with Crippen LogP contribution in [-0.4, -0.2) is 54.2 Å². The van der Waals surface area contributed by atoms with Crippen molar-refractivity contribution in [3.8, 4) is 0 Å². The van der Waals surface area contributed by atoms with Gasteiger partial charge in [-0.25, -0.2) is 0 Å². The number of benzene rings is 1. The van der Waals surface area contributed by atoms with E-state index in [0.29, 0.717) is 0 Å². The van der Waals surface area contributed by atoms with Crippen molar-refractivity contribution in [2.24, 2.45) is 0 Å². The third-order valence-electron chi connectivity index (χ3n) is 4.57. The van der Waals surface area contributed by atoms with Gasteiger partial charge in [-0.2, -0.15) is 0 Å². The Kier molecular flexibility index (Phi) is 3.22. The Hall–Kier alpha value is -1.36. The normalized spacial score (nSPS) is 21.2. The van der Waals surface area contributed by atoms with Crippen LogP contribution in [0.15, 0.2) is 24.3 Å². The summed E-state index contributed by atoms with van der Waals surface area (Å²) in [7, 11) is 0. The molecule has 0 spiro atoms. The van der Waals surface area contributed by atoms with Crippen LogP contribution in [0.2, 0.25) is 0 Å². The van der Waals surface area contributed by atoms with E-state index in [4.69, 9.17) is 0 Å². The second-order valence-corrected chi connectivity index (χ2v) is 5.94. The topological polar surface area (TPSA) is 34.3 Å². The van der Waals surface area contributed by atoms with Crippen molar-refractivity contribution in [2.45, 2.75) is 13.0 Å². The van der Waals surface area contributed by atoms with E-state index in [9.17, 15) is 0 Å². The summed E-state index contributed by atoms with van der Waals surface area (Å²) < 4.78 is 0. The molecule has 1 aromatic heterocycles. The van der Waals surface area contributed by atoms with Crippen LogP contribution < -0.4 is 5.32 Å². The van der Waals surface area contributed by atoms with Crippen molar-refractivity contribution in [1.82, 2.24) is 20.1 Å². The number of aromatic amines is 1. The summed E-state index contributed by atoms with van der Waals surface area (Å²) in [5, 5.41) is 4.84. The van der Waals surface area contributed by atoms with E-state index >= 15 is 0 Å². The van der Waals surface area contributed by atoms with Gasteiger partial charge in [-0.15, -0.1) is 0 Å². The average molecular weight is 270 g/mol. The molecule has 1 aromatic carbocycles. The summed E-state index contributed by atoms with van der Waals surface area (Å²) in [5.41, 5.74) is 4.26. The highest BCUT2D eigenvalue weighted by atomic mass is 15.3. The Bertz CT molecular complexity index is 598. The van der Waals surface area contributed by atoms with E-state index in [1.165, 1.54) is 48.2 Å². The number of aromatic nitrogens is 1. The molecular weight excluding hydrogens is 248 g/mol. The van der Waals surface area contributed by atoms with Gasteiger partial charge in [0, 0.05) is 55.9 Å². The molecule has 0 atom stereocenters. The number of hydrogen-bond donors (Lipinski definition) is 2. The van der Waals surface area contributed by atoms with Crippen molar-refractivity contribution < 1.29 is 0 Å². The van der Waals surface area contributed by atoms with Crippen molar-refractivity contribution in [3.63, 3.8) is 0 Å². The SMILES string of the molecule is c1ccc2c3c([nH]c2c1)CN(CN1CCNCC1)CC3. The standard InChI is InChI=1S/C16H22N4/c1-2-4-15-13(3-1)14-5-8-20(11-16(14)18-15)12-19-9-6-17-7-10-19/h1-4,17-18H,5-12H2. The summed E-state index contributed by atoms with van der Waals surface area (Å²) in [6.45, 7) is 7.96. The minimum absolute atomic E-state index is 1.06. The van der Waals surface area contributed by atoms with Crippen LogP contribution in [0.3, 0.4) is 0 Å². The zero-order chi connectivity index (χ0) is 13.4. The lowest BCUT2D eigenvalue weighted by atomic mass is 10.0. The summed E-state index contributed by atoms with van der Waals surface area (Å²) in [6.07, 6.45) is 1.17. The van der Waals surface area contributed by atoms with Gasteiger partial charge in [-0.05, 0) is 18.1 Å². The van der Waals surface area contributed by atoms with E-state index in [-0.39, 0.29) is 0 Å². The number of hydrogen-bond acceptors (Lipinski definition) is 3. The van der Waals surface area contributed by atoms with Crippen LogP contribution in [0.5, 0.6) is 0 Å². The third-order valence-corrected chi connectivity index (χ3v) is 4.57. The zero-order valence-corrected chi connectivity index (χ0v) is 11.9. The molecule has 2 aromatic rings. The van der Waals surface area contributed by atoms with Crippen molar-refractivity contribution in [3.05, 3.63) is 35.5 Å². The Morgan fingerprint density at radius 3 is 2.75 bits per heavy atom. The largest absolute Gasteiger partial charge is 0.357 e. The quantitative estimate of drug-likeness (QED) is 0.865. The molecule has 2 aliphatic heterocycles. The molecule has 4 heteroatoms. The molecule has 1 fully saturated rings. The summed E-state index contributed by atoms with van der Waals surface area (Å²) in [4.78, 5) is 8.74. The highest BCUT2D eigenvalue weighted by Gasteiger charge is 2.22. The van der Waals surface area contributed by atoms with E-state index < -0.39 is 0 Å². The maximum Gasteiger partial charge on any atom is 0.0511 e. The molecule has 20 heavy (non-hydrogen) atoms. The van der Waals surface area contributed by atoms with Crippen LogP contribution in [-0.2, 0) is 13.0 Å². The first-order valence-electron chi connectivity index (χ1n) is 7.64. The van der Waals surface area contributed by atoms with Crippen LogP contribution >= 0.6 is 0 Å². The highest BCUT2D eigenvalue weighted by Crippen LogP contribution is 2.27. The summed E-state index contributed by atoms with van der Waals surface area (Å²) in [6, 6.07) is 8.69. The van der Waals surface area contributed by atoms with Crippen LogP contribution in [0.1, 0.15) is 11.3 Å². The molecule has 0 saturated carbocycles. The predicted octanol–water partition coefficient (Wildman–Crippen LogP) is 1.39. The molecule has 3 heterocycles. The van der Waals surface area contributed by atoms with Gasteiger partial charge in [0.25, 0.3) is 0 Å². The molecule has 2 aliphatic rings. The minimum Gasteiger partial charge on any atom is -0.357 e. The first-order valence-corrected chi connectivity index (χ1v) is 7.64. The maximum atomic E-state index is 3.61. The lowest BCUT2D eigenvalue weighted by Crippen LogP contribution is -2.49.